The summed E-state index contributed by atoms with van der Waals surface area (Å²) in [6.45, 7) is -0.0458. The van der Waals surface area contributed by atoms with E-state index < -0.39 is 0 Å². The maximum absolute atomic E-state index is 12.7. The maximum atomic E-state index is 12.7. The van der Waals surface area contributed by atoms with Gasteiger partial charge in [-0.3, -0.25) is 14.5 Å². The molecular formula is C19H14N6OS. The standard InChI is InChI=1S/C19H14N6OS/c20-10-11-25-16(21-15-9-5-4-8-14(15)18(25)26)12-27-19-22-17(23-24-19)13-6-2-1-3-7-13/h1-9H,11-12H2,(H,22,23,24). The van der Waals surface area contributed by atoms with Gasteiger partial charge in [0.05, 0.1) is 22.7 Å². The number of nitrogens with one attached hydrogen (secondary N) is 1. The first-order chi connectivity index (χ1) is 13.3. The van der Waals surface area contributed by atoms with Crippen LogP contribution in [0.15, 0.2) is 64.5 Å². The third-order valence-electron chi connectivity index (χ3n) is 4.01. The molecule has 0 fully saturated rings. The van der Waals surface area contributed by atoms with Crippen LogP contribution in [-0.2, 0) is 12.3 Å². The number of nitriles is 1. The second kappa shape index (κ2) is 7.43. The predicted octanol–water partition coefficient (Wildman–Crippen LogP) is 3.00. The number of thioether (sulfide) groups is 1. The fraction of sp³-hybridized carbons (Fsp3) is 0.105. The zero-order valence-electron chi connectivity index (χ0n) is 14.2. The van der Waals surface area contributed by atoms with Gasteiger partial charge in [0.2, 0.25) is 5.16 Å². The van der Waals surface area contributed by atoms with Crippen LogP contribution in [0.1, 0.15) is 5.82 Å². The zero-order valence-corrected chi connectivity index (χ0v) is 15.0. The highest BCUT2D eigenvalue weighted by atomic mass is 32.2. The Hall–Kier alpha value is -3.44. The van der Waals surface area contributed by atoms with Crippen LogP contribution in [-0.4, -0.2) is 24.7 Å². The highest BCUT2D eigenvalue weighted by Crippen LogP contribution is 2.22. The van der Waals surface area contributed by atoms with Gasteiger partial charge < -0.3 is 0 Å². The average molecular weight is 374 g/mol. The smallest absolute Gasteiger partial charge is 0.262 e. The number of nitrogens with zero attached hydrogens (tertiary/aromatic N) is 5. The summed E-state index contributed by atoms with van der Waals surface area (Å²) >= 11 is 1.36. The average Bonchev–Trinajstić information content (AvgIpc) is 3.19. The second-order valence-electron chi connectivity index (χ2n) is 5.72. The Morgan fingerprint density at radius 3 is 2.67 bits per heavy atom. The van der Waals surface area contributed by atoms with E-state index in [-0.39, 0.29) is 12.1 Å². The molecular weight excluding hydrogens is 360 g/mol. The van der Waals surface area contributed by atoms with Crippen molar-refractivity contribution < 1.29 is 0 Å². The van der Waals surface area contributed by atoms with E-state index in [4.69, 9.17) is 5.26 Å². The number of fused-ring (bicyclic) bond motifs is 1. The Morgan fingerprint density at radius 2 is 1.85 bits per heavy atom. The fourth-order valence-electron chi connectivity index (χ4n) is 2.72. The molecule has 2 aromatic heterocycles. The lowest BCUT2D eigenvalue weighted by atomic mass is 10.2. The van der Waals surface area contributed by atoms with Gasteiger partial charge in [0.15, 0.2) is 5.82 Å². The lowest BCUT2D eigenvalue weighted by molar-refractivity contribution is 0.730. The molecule has 0 aliphatic carbocycles. The van der Waals surface area contributed by atoms with Gasteiger partial charge in [-0.1, -0.05) is 54.2 Å². The summed E-state index contributed by atoms with van der Waals surface area (Å²) in [5.74, 6) is 1.59. The van der Waals surface area contributed by atoms with E-state index in [1.54, 1.807) is 18.2 Å². The molecule has 7 nitrogen and oxygen atoms in total. The van der Waals surface area contributed by atoms with E-state index in [1.807, 2.05) is 42.5 Å². The Kier molecular flexibility index (Phi) is 4.68. The van der Waals surface area contributed by atoms with Gasteiger partial charge in [-0.2, -0.15) is 5.26 Å². The summed E-state index contributed by atoms with van der Waals surface area (Å²) < 4.78 is 1.40. The molecule has 0 saturated carbocycles. The van der Waals surface area contributed by atoms with Crippen molar-refractivity contribution in [3.8, 4) is 17.5 Å². The van der Waals surface area contributed by atoms with E-state index in [0.29, 0.717) is 33.5 Å². The first kappa shape index (κ1) is 17.0. The van der Waals surface area contributed by atoms with Gasteiger partial charge in [-0.25, -0.2) is 9.97 Å². The van der Waals surface area contributed by atoms with Crippen LogP contribution >= 0.6 is 11.8 Å². The van der Waals surface area contributed by atoms with Gasteiger partial charge >= 0.3 is 0 Å². The van der Waals surface area contributed by atoms with Crippen molar-refractivity contribution in [1.29, 1.82) is 5.26 Å². The van der Waals surface area contributed by atoms with Crippen LogP contribution in [0, 0.1) is 11.3 Å². The molecule has 0 aliphatic heterocycles. The molecule has 27 heavy (non-hydrogen) atoms. The first-order valence-electron chi connectivity index (χ1n) is 8.22. The Balaban J connectivity index is 1.62. The monoisotopic (exact) mass is 374 g/mol. The summed E-state index contributed by atoms with van der Waals surface area (Å²) in [7, 11) is 0. The molecule has 1 N–H and O–H groups in total. The molecule has 0 amide bonds. The molecule has 8 heteroatoms. The van der Waals surface area contributed by atoms with E-state index in [9.17, 15) is 4.79 Å². The summed E-state index contributed by atoms with van der Waals surface area (Å²) in [4.78, 5) is 21.7. The van der Waals surface area contributed by atoms with Crippen LogP contribution in [0.3, 0.4) is 0 Å². The van der Waals surface area contributed by atoms with Crippen molar-refractivity contribution in [3.63, 3.8) is 0 Å². The lowest BCUT2D eigenvalue weighted by Gasteiger charge is -2.09. The van der Waals surface area contributed by atoms with Crippen molar-refractivity contribution >= 4 is 22.7 Å². The predicted molar refractivity (Wildman–Crippen MR) is 103 cm³/mol. The molecule has 0 unspecified atom stereocenters. The number of para-hydroxylation sites is 1. The van der Waals surface area contributed by atoms with Crippen molar-refractivity contribution in [2.45, 2.75) is 17.5 Å². The summed E-state index contributed by atoms with van der Waals surface area (Å²) in [6.07, 6.45) is 0. The topological polar surface area (TPSA) is 100 Å². The third kappa shape index (κ3) is 3.45. The molecule has 4 rings (SSSR count). The molecule has 0 atom stereocenters. The summed E-state index contributed by atoms with van der Waals surface area (Å²) in [6, 6.07) is 18.9. The number of hydrogen-bond acceptors (Lipinski definition) is 6. The highest BCUT2D eigenvalue weighted by molar-refractivity contribution is 7.98. The lowest BCUT2D eigenvalue weighted by Crippen LogP contribution is -2.24. The van der Waals surface area contributed by atoms with Crippen molar-refractivity contribution in [1.82, 2.24) is 24.7 Å². The minimum Gasteiger partial charge on any atom is -0.281 e. The number of benzene rings is 2. The van der Waals surface area contributed by atoms with Crippen LogP contribution in [0.5, 0.6) is 0 Å². The van der Waals surface area contributed by atoms with Gasteiger partial charge in [0.1, 0.15) is 12.4 Å². The minimum absolute atomic E-state index is 0.0458. The minimum atomic E-state index is -0.210. The molecule has 0 saturated heterocycles. The van der Waals surface area contributed by atoms with Crippen LogP contribution in [0.25, 0.3) is 22.3 Å². The molecule has 0 radical (unpaired) electrons. The zero-order chi connectivity index (χ0) is 18.6. The molecule has 0 aliphatic rings. The largest absolute Gasteiger partial charge is 0.281 e. The fourth-order valence-corrected chi connectivity index (χ4v) is 3.47. The van der Waals surface area contributed by atoms with Crippen LogP contribution < -0.4 is 5.56 Å². The van der Waals surface area contributed by atoms with Gasteiger partial charge in [-0.15, -0.1) is 5.10 Å². The SMILES string of the molecule is N#CCn1c(CSc2n[nH]c(-c3ccccc3)n2)nc2ccccc2c1=O. The Bertz CT molecular complexity index is 1190. The van der Waals surface area contributed by atoms with Crippen molar-refractivity contribution in [2.24, 2.45) is 0 Å². The van der Waals surface area contributed by atoms with E-state index in [0.717, 1.165) is 5.56 Å². The summed E-state index contributed by atoms with van der Waals surface area (Å²) in [5.41, 5.74) is 1.35. The number of rotatable bonds is 5. The molecule has 2 heterocycles. The number of aromatic nitrogens is 5. The van der Waals surface area contributed by atoms with Crippen molar-refractivity contribution in [3.05, 3.63) is 70.8 Å². The number of hydrogen-bond donors (Lipinski definition) is 1. The summed E-state index contributed by atoms with van der Waals surface area (Å²) in [5, 5.41) is 17.3. The Labute approximate surface area is 158 Å². The highest BCUT2D eigenvalue weighted by Gasteiger charge is 2.13. The van der Waals surface area contributed by atoms with E-state index in [2.05, 4.69) is 20.2 Å². The van der Waals surface area contributed by atoms with Gasteiger partial charge in [-0.05, 0) is 12.1 Å². The Morgan fingerprint density at radius 1 is 1.07 bits per heavy atom. The number of H-pyrrole nitrogens is 1. The molecule has 132 valence electrons. The maximum Gasteiger partial charge on any atom is 0.262 e. The molecule has 0 bridgehead atoms. The molecule has 4 aromatic rings. The van der Waals surface area contributed by atoms with Crippen LogP contribution in [0.4, 0.5) is 0 Å². The van der Waals surface area contributed by atoms with Gasteiger partial charge in [0.25, 0.3) is 5.56 Å². The van der Waals surface area contributed by atoms with Crippen LogP contribution in [0.2, 0.25) is 0 Å². The first-order valence-corrected chi connectivity index (χ1v) is 9.21. The molecule has 2 aromatic carbocycles. The quantitative estimate of drug-likeness (QED) is 0.539. The van der Waals surface area contributed by atoms with E-state index in [1.165, 1.54) is 16.3 Å². The van der Waals surface area contributed by atoms with Gasteiger partial charge in [0, 0.05) is 5.56 Å². The van der Waals surface area contributed by atoms with E-state index >= 15 is 0 Å². The number of aromatic amines is 1. The molecule has 0 spiro atoms. The third-order valence-corrected chi connectivity index (χ3v) is 4.86. The normalized spacial score (nSPS) is 10.8. The second-order valence-corrected chi connectivity index (χ2v) is 6.66. The van der Waals surface area contributed by atoms with Crippen molar-refractivity contribution in [2.75, 3.05) is 0 Å².